The first-order valence-corrected chi connectivity index (χ1v) is 5.98. The van der Waals surface area contributed by atoms with Gasteiger partial charge in [-0.3, -0.25) is 0 Å². The van der Waals surface area contributed by atoms with Crippen molar-refractivity contribution in [2.45, 2.75) is 6.42 Å². The summed E-state index contributed by atoms with van der Waals surface area (Å²) < 4.78 is 2.57. The minimum absolute atomic E-state index is 0.240. The molecule has 0 aliphatic rings. The second kappa shape index (κ2) is 3.94. The first-order chi connectivity index (χ1) is 6.29. The lowest BCUT2D eigenvalue weighted by Crippen LogP contribution is -1.84. The maximum Gasteiger partial charge on any atom is 0.0479 e. The first kappa shape index (κ1) is 9.43. The number of rotatable bonds is 2. The van der Waals surface area contributed by atoms with Crippen molar-refractivity contribution in [3.63, 3.8) is 0 Å². The Morgan fingerprint density at radius 3 is 2.92 bits per heavy atom. The summed E-state index contributed by atoms with van der Waals surface area (Å²) in [7, 11) is 0. The van der Waals surface area contributed by atoms with Crippen LogP contribution in [0, 0.1) is 3.57 Å². The highest BCUT2D eigenvalue weighted by molar-refractivity contribution is 14.1. The fraction of sp³-hybridized carbons (Fsp3) is 0.200. The monoisotopic (exact) mass is 304 g/mol. The minimum atomic E-state index is 0.240. The number of hydrogen-bond acceptors (Lipinski definition) is 2. The maximum atomic E-state index is 8.80. The molecule has 3 heteroatoms. The van der Waals surface area contributed by atoms with Gasteiger partial charge in [-0.1, -0.05) is 0 Å². The number of benzene rings is 1. The Morgan fingerprint density at radius 2 is 2.15 bits per heavy atom. The lowest BCUT2D eigenvalue weighted by atomic mass is 10.2. The number of halogens is 1. The molecule has 1 aromatic carbocycles. The SMILES string of the molecule is OCCc1cc2cc(I)ccc2s1. The molecule has 0 amide bonds. The molecule has 1 nitrogen and oxygen atoms in total. The maximum absolute atomic E-state index is 8.80. The molecule has 0 aliphatic carbocycles. The Bertz CT molecular complexity index is 422. The van der Waals surface area contributed by atoms with Crippen LogP contribution >= 0.6 is 33.9 Å². The molecule has 2 aromatic rings. The lowest BCUT2D eigenvalue weighted by molar-refractivity contribution is 0.300. The standard InChI is InChI=1S/C10H9IOS/c11-8-1-2-10-7(5-8)6-9(13-10)3-4-12/h1-2,5-6,12H,3-4H2. The molecule has 0 radical (unpaired) electrons. The fourth-order valence-electron chi connectivity index (χ4n) is 1.30. The zero-order chi connectivity index (χ0) is 9.26. The summed E-state index contributed by atoms with van der Waals surface area (Å²) in [6.45, 7) is 0.240. The summed E-state index contributed by atoms with van der Waals surface area (Å²) in [5.74, 6) is 0. The number of fused-ring (bicyclic) bond motifs is 1. The molecular formula is C10H9IOS. The Kier molecular flexibility index (Phi) is 2.86. The van der Waals surface area contributed by atoms with Crippen LogP contribution in [0.25, 0.3) is 10.1 Å². The molecule has 0 spiro atoms. The summed E-state index contributed by atoms with van der Waals surface area (Å²) in [6, 6.07) is 8.59. The largest absolute Gasteiger partial charge is 0.396 e. The molecule has 68 valence electrons. The smallest absolute Gasteiger partial charge is 0.0479 e. The van der Waals surface area contributed by atoms with Gasteiger partial charge in [0.2, 0.25) is 0 Å². The van der Waals surface area contributed by atoms with Crippen molar-refractivity contribution < 1.29 is 5.11 Å². The Balaban J connectivity index is 2.49. The van der Waals surface area contributed by atoms with Crippen molar-refractivity contribution in [1.82, 2.24) is 0 Å². The molecule has 1 aromatic heterocycles. The van der Waals surface area contributed by atoms with E-state index in [9.17, 15) is 0 Å². The Hall–Kier alpha value is -0.130. The van der Waals surface area contributed by atoms with E-state index < -0.39 is 0 Å². The van der Waals surface area contributed by atoms with Crippen LogP contribution < -0.4 is 0 Å². The van der Waals surface area contributed by atoms with E-state index in [0.717, 1.165) is 6.42 Å². The quantitative estimate of drug-likeness (QED) is 0.846. The van der Waals surface area contributed by atoms with Gasteiger partial charge in [0.1, 0.15) is 0 Å². The van der Waals surface area contributed by atoms with Crippen LogP contribution in [0.3, 0.4) is 0 Å². The van der Waals surface area contributed by atoms with Crippen LogP contribution in [0.15, 0.2) is 24.3 Å². The summed E-state index contributed by atoms with van der Waals surface area (Å²) in [6.07, 6.45) is 0.774. The molecule has 13 heavy (non-hydrogen) atoms. The number of aliphatic hydroxyl groups is 1. The molecule has 2 rings (SSSR count). The van der Waals surface area contributed by atoms with Gasteiger partial charge in [-0.05, 0) is 52.2 Å². The van der Waals surface area contributed by atoms with E-state index >= 15 is 0 Å². The van der Waals surface area contributed by atoms with E-state index in [1.807, 2.05) is 0 Å². The fourth-order valence-corrected chi connectivity index (χ4v) is 2.85. The average molecular weight is 304 g/mol. The van der Waals surface area contributed by atoms with Gasteiger partial charge >= 0.3 is 0 Å². The van der Waals surface area contributed by atoms with E-state index in [1.165, 1.54) is 18.5 Å². The third kappa shape index (κ3) is 2.03. The Labute approximate surface area is 94.5 Å². The van der Waals surface area contributed by atoms with Gasteiger partial charge in [0.05, 0.1) is 0 Å². The summed E-state index contributed by atoms with van der Waals surface area (Å²) in [5, 5.41) is 10.1. The van der Waals surface area contributed by atoms with Gasteiger partial charge in [0.25, 0.3) is 0 Å². The van der Waals surface area contributed by atoms with Gasteiger partial charge in [-0.2, -0.15) is 0 Å². The van der Waals surface area contributed by atoms with Gasteiger partial charge in [0.15, 0.2) is 0 Å². The summed E-state index contributed by atoms with van der Waals surface area (Å²) in [5.41, 5.74) is 0. The number of aliphatic hydroxyl groups excluding tert-OH is 1. The van der Waals surface area contributed by atoms with Crippen molar-refractivity contribution >= 4 is 44.0 Å². The van der Waals surface area contributed by atoms with Crippen LogP contribution in [0.4, 0.5) is 0 Å². The van der Waals surface area contributed by atoms with E-state index in [0.29, 0.717) is 0 Å². The van der Waals surface area contributed by atoms with E-state index in [2.05, 4.69) is 46.9 Å². The third-order valence-electron chi connectivity index (χ3n) is 1.89. The second-order valence-electron chi connectivity index (χ2n) is 2.87. The number of hydrogen-bond donors (Lipinski definition) is 1. The van der Waals surface area contributed by atoms with E-state index in [1.54, 1.807) is 11.3 Å². The molecule has 0 saturated carbocycles. The van der Waals surface area contributed by atoms with Crippen LogP contribution in [0.2, 0.25) is 0 Å². The molecule has 0 fully saturated rings. The van der Waals surface area contributed by atoms with Crippen molar-refractivity contribution in [2.75, 3.05) is 6.61 Å². The molecule has 1 N–H and O–H groups in total. The highest BCUT2D eigenvalue weighted by Gasteiger charge is 2.01. The zero-order valence-corrected chi connectivity index (χ0v) is 9.93. The molecule has 0 unspecified atom stereocenters. The van der Waals surface area contributed by atoms with Crippen LogP contribution in [0.1, 0.15) is 4.88 Å². The van der Waals surface area contributed by atoms with Gasteiger partial charge in [0, 0.05) is 26.2 Å². The predicted molar refractivity (Wildman–Crippen MR) is 65.3 cm³/mol. The lowest BCUT2D eigenvalue weighted by Gasteiger charge is -1.88. The third-order valence-corrected chi connectivity index (χ3v) is 3.73. The average Bonchev–Trinajstić information content (AvgIpc) is 2.46. The van der Waals surface area contributed by atoms with Crippen LogP contribution in [-0.2, 0) is 6.42 Å². The zero-order valence-electron chi connectivity index (χ0n) is 6.96. The molecule has 0 bridgehead atoms. The molecule has 0 saturated heterocycles. The van der Waals surface area contributed by atoms with Gasteiger partial charge in [-0.15, -0.1) is 11.3 Å². The highest BCUT2D eigenvalue weighted by Crippen LogP contribution is 2.27. The van der Waals surface area contributed by atoms with Crippen molar-refractivity contribution in [3.8, 4) is 0 Å². The topological polar surface area (TPSA) is 20.2 Å². The van der Waals surface area contributed by atoms with Gasteiger partial charge in [-0.25, -0.2) is 0 Å². The predicted octanol–water partition coefficient (Wildman–Crippen LogP) is 3.04. The van der Waals surface area contributed by atoms with Gasteiger partial charge < -0.3 is 5.11 Å². The molecule has 1 heterocycles. The highest BCUT2D eigenvalue weighted by atomic mass is 127. The van der Waals surface area contributed by atoms with Crippen molar-refractivity contribution in [1.29, 1.82) is 0 Å². The first-order valence-electron chi connectivity index (χ1n) is 4.08. The van der Waals surface area contributed by atoms with Crippen LogP contribution in [-0.4, -0.2) is 11.7 Å². The van der Waals surface area contributed by atoms with E-state index in [4.69, 9.17) is 5.11 Å². The normalized spacial score (nSPS) is 10.9. The Morgan fingerprint density at radius 1 is 1.31 bits per heavy atom. The second-order valence-corrected chi connectivity index (χ2v) is 5.28. The molecule has 0 atom stereocenters. The minimum Gasteiger partial charge on any atom is -0.396 e. The summed E-state index contributed by atoms with van der Waals surface area (Å²) >= 11 is 4.08. The molecular weight excluding hydrogens is 295 g/mol. The van der Waals surface area contributed by atoms with Crippen LogP contribution in [0.5, 0.6) is 0 Å². The summed E-state index contributed by atoms with van der Waals surface area (Å²) in [4.78, 5) is 1.26. The molecule has 0 aliphatic heterocycles. The number of thiophene rings is 1. The van der Waals surface area contributed by atoms with Crippen molar-refractivity contribution in [3.05, 3.63) is 32.7 Å². The van der Waals surface area contributed by atoms with Crippen molar-refractivity contribution in [2.24, 2.45) is 0 Å². The van der Waals surface area contributed by atoms with E-state index in [-0.39, 0.29) is 6.61 Å².